The normalized spacial score (nSPS) is 22.3. The SMILES string of the molecule is COc1ccc([N+](=O)[O-])cc1OC(C)CCC1(C)CCNC1. The number of rotatable bonds is 7. The average Bonchev–Trinajstić information content (AvgIpc) is 2.92. The van der Waals surface area contributed by atoms with Crippen LogP contribution in [0.2, 0.25) is 0 Å². The van der Waals surface area contributed by atoms with Gasteiger partial charge in [0, 0.05) is 12.6 Å². The predicted molar refractivity (Wildman–Crippen MR) is 84.6 cm³/mol. The van der Waals surface area contributed by atoms with Gasteiger partial charge in [0.05, 0.1) is 24.2 Å². The molecule has 1 aliphatic rings. The molecule has 1 heterocycles. The molecule has 0 aliphatic carbocycles. The molecule has 2 rings (SSSR count). The van der Waals surface area contributed by atoms with Crippen molar-refractivity contribution in [1.82, 2.24) is 5.32 Å². The Balaban J connectivity index is 1.99. The maximum absolute atomic E-state index is 10.9. The van der Waals surface area contributed by atoms with Gasteiger partial charge in [0.1, 0.15) is 0 Å². The van der Waals surface area contributed by atoms with Crippen molar-refractivity contribution in [2.75, 3.05) is 20.2 Å². The molecule has 22 heavy (non-hydrogen) atoms. The summed E-state index contributed by atoms with van der Waals surface area (Å²) in [6.07, 6.45) is 3.13. The molecule has 0 spiro atoms. The fraction of sp³-hybridized carbons (Fsp3) is 0.625. The summed E-state index contributed by atoms with van der Waals surface area (Å²) >= 11 is 0. The summed E-state index contributed by atoms with van der Waals surface area (Å²) in [6.45, 7) is 6.39. The molecule has 0 amide bonds. The largest absolute Gasteiger partial charge is 0.493 e. The first-order valence-corrected chi connectivity index (χ1v) is 7.63. The molecule has 1 aromatic rings. The summed E-state index contributed by atoms with van der Waals surface area (Å²) < 4.78 is 11.1. The lowest BCUT2D eigenvalue weighted by Crippen LogP contribution is -2.23. The number of non-ortho nitro benzene ring substituents is 1. The van der Waals surface area contributed by atoms with Gasteiger partial charge in [-0.3, -0.25) is 10.1 Å². The third kappa shape index (κ3) is 4.10. The number of nitrogens with one attached hydrogen (secondary N) is 1. The van der Waals surface area contributed by atoms with Gasteiger partial charge in [0.25, 0.3) is 5.69 Å². The van der Waals surface area contributed by atoms with E-state index in [2.05, 4.69) is 12.2 Å². The van der Waals surface area contributed by atoms with Crippen LogP contribution in [0.5, 0.6) is 11.5 Å². The summed E-state index contributed by atoms with van der Waals surface area (Å²) in [5, 5.41) is 14.3. The zero-order valence-electron chi connectivity index (χ0n) is 13.4. The minimum absolute atomic E-state index is 0.00922. The second-order valence-corrected chi connectivity index (χ2v) is 6.30. The first-order chi connectivity index (χ1) is 10.4. The number of nitro benzene ring substituents is 1. The molecule has 0 aromatic heterocycles. The highest BCUT2D eigenvalue weighted by Gasteiger charge is 2.28. The maximum Gasteiger partial charge on any atom is 0.273 e. The third-order valence-electron chi connectivity index (χ3n) is 4.30. The number of benzene rings is 1. The molecule has 2 unspecified atom stereocenters. The van der Waals surface area contributed by atoms with Crippen molar-refractivity contribution in [3.05, 3.63) is 28.3 Å². The minimum Gasteiger partial charge on any atom is -0.493 e. The molecule has 1 fully saturated rings. The Labute approximate surface area is 131 Å². The van der Waals surface area contributed by atoms with Gasteiger partial charge in [-0.2, -0.15) is 0 Å². The fourth-order valence-electron chi connectivity index (χ4n) is 2.78. The highest BCUT2D eigenvalue weighted by atomic mass is 16.6. The van der Waals surface area contributed by atoms with E-state index >= 15 is 0 Å². The van der Waals surface area contributed by atoms with E-state index in [9.17, 15) is 10.1 Å². The summed E-state index contributed by atoms with van der Waals surface area (Å²) in [5.41, 5.74) is 0.333. The first-order valence-electron chi connectivity index (χ1n) is 7.63. The lowest BCUT2D eigenvalue weighted by atomic mass is 9.84. The molecule has 0 bridgehead atoms. The fourth-order valence-corrected chi connectivity index (χ4v) is 2.78. The smallest absolute Gasteiger partial charge is 0.273 e. The van der Waals surface area contributed by atoms with Crippen LogP contribution in [0.3, 0.4) is 0 Å². The van der Waals surface area contributed by atoms with Crippen LogP contribution in [0.4, 0.5) is 5.69 Å². The van der Waals surface area contributed by atoms with Crippen molar-refractivity contribution >= 4 is 5.69 Å². The van der Waals surface area contributed by atoms with E-state index in [1.165, 1.54) is 25.7 Å². The number of hydrogen-bond donors (Lipinski definition) is 1. The molecule has 0 radical (unpaired) electrons. The Hall–Kier alpha value is -1.82. The molecule has 2 atom stereocenters. The molecule has 1 saturated heterocycles. The lowest BCUT2D eigenvalue weighted by Gasteiger charge is -2.25. The number of ether oxygens (including phenoxy) is 2. The molecular formula is C16H24N2O4. The summed E-state index contributed by atoms with van der Waals surface area (Å²) in [7, 11) is 1.53. The Morgan fingerprint density at radius 1 is 1.45 bits per heavy atom. The predicted octanol–water partition coefficient (Wildman–Crippen LogP) is 3.15. The van der Waals surface area contributed by atoms with E-state index < -0.39 is 4.92 Å². The number of nitrogens with zero attached hydrogens (tertiary/aromatic N) is 1. The van der Waals surface area contributed by atoms with Gasteiger partial charge in [-0.15, -0.1) is 0 Å². The zero-order chi connectivity index (χ0) is 16.2. The third-order valence-corrected chi connectivity index (χ3v) is 4.30. The van der Waals surface area contributed by atoms with Crippen molar-refractivity contribution in [3.63, 3.8) is 0 Å². The van der Waals surface area contributed by atoms with Crippen LogP contribution in [0.15, 0.2) is 18.2 Å². The van der Waals surface area contributed by atoms with E-state index in [4.69, 9.17) is 9.47 Å². The molecule has 0 saturated carbocycles. The van der Waals surface area contributed by atoms with E-state index in [0.29, 0.717) is 16.9 Å². The van der Waals surface area contributed by atoms with Gasteiger partial charge in [-0.25, -0.2) is 0 Å². The van der Waals surface area contributed by atoms with Crippen molar-refractivity contribution in [1.29, 1.82) is 0 Å². The molecule has 1 aliphatic heterocycles. The van der Waals surface area contributed by atoms with Gasteiger partial charge >= 0.3 is 0 Å². The average molecular weight is 308 g/mol. The standard InChI is InChI=1S/C16H24N2O4/c1-12(6-7-16(2)8-9-17-11-16)22-15-10-13(18(19)20)4-5-14(15)21-3/h4-5,10,12,17H,6-9,11H2,1-3H3. The van der Waals surface area contributed by atoms with Crippen molar-refractivity contribution in [2.45, 2.75) is 39.2 Å². The molecule has 1 N–H and O–H groups in total. The molecule has 6 nitrogen and oxygen atoms in total. The zero-order valence-corrected chi connectivity index (χ0v) is 13.4. The Morgan fingerprint density at radius 3 is 2.82 bits per heavy atom. The highest BCUT2D eigenvalue weighted by Crippen LogP contribution is 2.34. The highest BCUT2D eigenvalue weighted by molar-refractivity contribution is 5.48. The summed E-state index contributed by atoms with van der Waals surface area (Å²) in [5.74, 6) is 0.949. The Kier molecular flexibility index (Phi) is 5.24. The second-order valence-electron chi connectivity index (χ2n) is 6.30. The van der Waals surface area contributed by atoms with Crippen LogP contribution in [-0.4, -0.2) is 31.2 Å². The Morgan fingerprint density at radius 2 is 2.23 bits per heavy atom. The van der Waals surface area contributed by atoms with E-state index in [0.717, 1.165) is 25.9 Å². The second kappa shape index (κ2) is 6.96. The first kappa shape index (κ1) is 16.5. The topological polar surface area (TPSA) is 73.6 Å². The minimum atomic E-state index is -0.428. The number of nitro groups is 1. The van der Waals surface area contributed by atoms with Gasteiger partial charge in [0.2, 0.25) is 0 Å². The Bertz CT molecular complexity index is 527. The van der Waals surface area contributed by atoms with Crippen LogP contribution in [0, 0.1) is 15.5 Å². The maximum atomic E-state index is 10.9. The summed E-state index contributed by atoms with van der Waals surface area (Å²) in [6, 6.07) is 4.41. The van der Waals surface area contributed by atoms with Crippen LogP contribution in [0.1, 0.15) is 33.1 Å². The quantitative estimate of drug-likeness (QED) is 0.618. The van der Waals surface area contributed by atoms with Gasteiger partial charge in [-0.05, 0) is 44.2 Å². The number of methoxy groups -OCH3 is 1. The number of hydrogen-bond acceptors (Lipinski definition) is 5. The van der Waals surface area contributed by atoms with Gasteiger partial charge < -0.3 is 14.8 Å². The van der Waals surface area contributed by atoms with Gasteiger partial charge in [-0.1, -0.05) is 6.92 Å². The molecular weight excluding hydrogens is 284 g/mol. The van der Waals surface area contributed by atoms with E-state index in [-0.39, 0.29) is 11.8 Å². The van der Waals surface area contributed by atoms with Crippen LogP contribution >= 0.6 is 0 Å². The molecule has 6 heteroatoms. The van der Waals surface area contributed by atoms with E-state index in [1.807, 2.05) is 6.92 Å². The lowest BCUT2D eigenvalue weighted by molar-refractivity contribution is -0.385. The van der Waals surface area contributed by atoms with Crippen LogP contribution in [-0.2, 0) is 0 Å². The van der Waals surface area contributed by atoms with Crippen LogP contribution < -0.4 is 14.8 Å². The van der Waals surface area contributed by atoms with Gasteiger partial charge in [0.15, 0.2) is 11.5 Å². The van der Waals surface area contributed by atoms with Crippen molar-refractivity contribution < 1.29 is 14.4 Å². The van der Waals surface area contributed by atoms with E-state index in [1.54, 1.807) is 6.07 Å². The molecule has 1 aromatic carbocycles. The van der Waals surface area contributed by atoms with Crippen LogP contribution in [0.25, 0.3) is 0 Å². The summed E-state index contributed by atoms with van der Waals surface area (Å²) in [4.78, 5) is 10.5. The van der Waals surface area contributed by atoms with Crippen molar-refractivity contribution in [3.8, 4) is 11.5 Å². The molecule has 122 valence electrons. The monoisotopic (exact) mass is 308 g/mol. The van der Waals surface area contributed by atoms with Crippen molar-refractivity contribution in [2.24, 2.45) is 5.41 Å².